The normalized spacial score (nSPS) is 14.7. The molecule has 0 aromatic rings. The van der Waals surface area contributed by atoms with E-state index < -0.39 is 0 Å². The Morgan fingerprint density at radius 3 is 2.41 bits per heavy atom. The standard InChI is InChI=1S/C12H26N2OS2/c1-10(16)6-4-7-11(17)12(15)13-8-5-9-14(2)3/h10-11,16-17H,4-9H2,1-3H3,(H,13,15). The first-order valence-corrected chi connectivity index (χ1v) is 7.25. The van der Waals surface area contributed by atoms with Crippen LogP contribution in [0.3, 0.4) is 0 Å². The van der Waals surface area contributed by atoms with Crippen molar-refractivity contribution in [3.63, 3.8) is 0 Å². The summed E-state index contributed by atoms with van der Waals surface area (Å²) in [4.78, 5) is 13.8. The molecule has 0 aliphatic heterocycles. The van der Waals surface area contributed by atoms with Gasteiger partial charge in [-0.25, -0.2) is 0 Å². The summed E-state index contributed by atoms with van der Waals surface area (Å²) in [6, 6.07) is 0. The third kappa shape index (κ3) is 11.0. The van der Waals surface area contributed by atoms with Gasteiger partial charge in [0, 0.05) is 6.54 Å². The van der Waals surface area contributed by atoms with Gasteiger partial charge in [0.15, 0.2) is 0 Å². The largest absolute Gasteiger partial charge is 0.355 e. The highest BCUT2D eigenvalue weighted by molar-refractivity contribution is 7.81. The molecule has 102 valence electrons. The molecule has 0 spiro atoms. The number of hydrogen-bond donors (Lipinski definition) is 3. The van der Waals surface area contributed by atoms with Crippen LogP contribution in [0.5, 0.6) is 0 Å². The van der Waals surface area contributed by atoms with Crippen molar-refractivity contribution in [2.45, 2.75) is 43.1 Å². The SMILES string of the molecule is CC(S)CCCC(S)C(=O)NCCCN(C)C. The van der Waals surface area contributed by atoms with Crippen molar-refractivity contribution < 1.29 is 4.79 Å². The van der Waals surface area contributed by atoms with Gasteiger partial charge in [-0.15, -0.1) is 0 Å². The fourth-order valence-corrected chi connectivity index (χ4v) is 1.92. The van der Waals surface area contributed by atoms with Gasteiger partial charge in [0.1, 0.15) is 0 Å². The minimum absolute atomic E-state index is 0.0545. The number of amides is 1. The van der Waals surface area contributed by atoms with E-state index in [0.717, 1.165) is 38.8 Å². The zero-order chi connectivity index (χ0) is 13.3. The average Bonchev–Trinajstić information content (AvgIpc) is 2.23. The van der Waals surface area contributed by atoms with Gasteiger partial charge in [-0.3, -0.25) is 4.79 Å². The van der Waals surface area contributed by atoms with Crippen molar-refractivity contribution in [1.29, 1.82) is 0 Å². The van der Waals surface area contributed by atoms with Crippen molar-refractivity contribution >= 4 is 31.2 Å². The molecular formula is C12H26N2OS2. The molecule has 0 fully saturated rings. The molecule has 0 aliphatic rings. The second-order valence-electron chi connectivity index (χ2n) is 4.74. The molecule has 0 aromatic carbocycles. The predicted molar refractivity (Wildman–Crippen MR) is 81.3 cm³/mol. The van der Waals surface area contributed by atoms with Crippen LogP contribution in [0.1, 0.15) is 32.6 Å². The first-order chi connectivity index (χ1) is 7.93. The van der Waals surface area contributed by atoms with Gasteiger partial charge in [0.25, 0.3) is 0 Å². The Labute approximate surface area is 117 Å². The third-order valence-corrected chi connectivity index (χ3v) is 3.23. The first-order valence-electron chi connectivity index (χ1n) is 6.22. The highest BCUT2D eigenvalue weighted by atomic mass is 32.1. The fourth-order valence-electron chi connectivity index (χ4n) is 1.46. The summed E-state index contributed by atoms with van der Waals surface area (Å²) in [5.74, 6) is 0.0545. The molecule has 2 unspecified atom stereocenters. The number of carbonyl (C=O) groups excluding carboxylic acids is 1. The molecule has 0 saturated heterocycles. The van der Waals surface area contributed by atoms with E-state index in [0.29, 0.717) is 5.25 Å². The summed E-state index contributed by atoms with van der Waals surface area (Å²) in [5.41, 5.74) is 0. The molecule has 1 amide bonds. The Morgan fingerprint density at radius 1 is 1.24 bits per heavy atom. The van der Waals surface area contributed by atoms with Crippen LogP contribution < -0.4 is 5.32 Å². The van der Waals surface area contributed by atoms with E-state index in [4.69, 9.17) is 0 Å². The van der Waals surface area contributed by atoms with Crippen molar-refractivity contribution in [3.05, 3.63) is 0 Å². The minimum atomic E-state index is -0.179. The van der Waals surface area contributed by atoms with Gasteiger partial charge >= 0.3 is 0 Å². The van der Waals surface area contributed by atoms with E-state index in [1.54, 1.807) is 0 Å². The summed E-state index contributed by atoms with van der Waals surface area (Å²) in [5, 5.41) is 3.14. The summed E-state index contributed by atoms with van der Waals surface area (Å²) in [6.07, 6.45) is 3.85. The van der Waals surface area contributed by atoms with E-state index in [9.17, 15) is 4.79 Å². The minimum Gasteiger partial charge on any atom is -0.355 e. The van der Waals surface area contributed by atoms with Gasteiger partial charge in [0.2, 0.25) is 5.91 Å². The average molecular weight is 278 g/mol. The second kappa shape index (κ2) is 10.1. The number of hydrogen-bond acceptors (Lipinski definition) is 4. The number of rotatable bonds is 9. The third-order valence-electron chi connectivity index (χ3n) is 2.48. The lowest BCUT2D eigenvalue weighted by molar-refractivity contribution is -0.120. The molecule has 0 saturated carbocycles. The van der Waals surface area contributed by atoms with Crippen LogP contribution in [-0.2, 0) is 4.79 Å². The Hall–Kier alpha value is 0.130. The molecule has 0 bridgehead atoms. The second-order valence-corrected chi connectivity index (χ2v) is 6.25. The smallest absolute Gasteiger partial charge is 0.232 e. The maximum atomic E-state index is 11.6. The Morgan fingerprint density at radius 2 is 1.88 bits per heavy atom. The Balaban J connectivity index is 3.53. The first kappa shape index (κ1) is 17.1. The highest BCUT2D eigenvalue weighted by Crippen LogP contribution is 2.11. The van der Waals surface area contributed by atoms with Crippen LogP contribution >= 0.6 is 25.3 Å². The molecule has 0 aliphatic carbocycles. The van der Waals surface area contributed by atoms with Crippen LogP contribution in [0.2, 0.25) is 0 Å². The van der Waals surface area contributed by atoms with Gasteiger partial charge < -0.3 is 10.2 Å². The lowest BCUT2D eigenvalue weighted by Gasteiger charge is -2.13. The Kier molecular flexibility index (Phi) is 10.2. The molecule has 0 radical (unpaired) electrons. The molecular weight excluding hydrogens is 252 g/mol. The number of thiol groups is 2. The molecule has 5 heteroatoms. The van der Waals surface area contributed by atoms with E-state index in [1.165, 1.54) is 0 Å². The molecule has 2 atom stereocenters. The van der Waals surface area contributed by atoms with Crippen LogP contribution in [0, 0.1) is 0 Å². The summed E-state index contributed by atoms with van der Waals surface area (Å²) in [7, 11) is 4.06. The van der Waals surface area contributed by atoms with Crippen molar-refractivity contribution in [2.75, 3.05) is 27.2 Å². The van der Waals surface area contributed by atoms with Crippen LogP contribution in [0.4, 0.5) is 0 Å². The number of nitrogens with zero attached hydrogens (tertiary/aromatic N) is 1. The highest BCUT2D eigenvalue weighted by Gasteiger charge is 2.12. The molecule has 0 rings (SSSR count). The zero-order valence-electron chi connectivity index (χ0n) is 11.1. The molecule has 17 heavy (non-hydrogen) atoms. The van der Waals surface area contributed by atoms with Gasteiger partial charge in [-0.1, -0.05) is 13.3 Å². The summed E-state index contributed by atoms with van der Waals surface area (Å²) >= 11 is 8.63. The maximum absolute atomic E-state index is 11.6. The van der Waals surface area contributed by atoms with Gasteiger partial charge in [-0.05, 0) is 45.2 Å². The maximum Gasteiger partial charge on any atom is 0.232 e. The number of nitrogens with one attached hydrogen (secondary N) is 1. The predicted octanol–water partition coefficient (Wildman–Crippen LogP) is 1.84. The molecule has 0 aromatic heterocycles. The van der Waals surface area contributed by atoms with E-state index >= 15 is 0 Å². The monoisotopic (exact) mass is 278 g/mol. The number of carbonyl (C=O) groups is 1. The summed E-state index contributed by atoms with van der Waals surface area (Å²) in [6.45, 7) is 3.80. The quantitative estimate of drug-likeness (QED) is 0.444. The van der Waals surface area contributed by atoms with Gasteiger partial charge in [0.05, 0.1) is 5.25 Å². The van der Waals surface area contributed by atoms with Crippen molar-refractivity contribution in [2.24, 2.45) is 0 Å². The zero-order valence-corrected chi connectivity index (χ0v) is 12.9. The fraction of sp³-hybridized carbons (Fsp3) is 0.917. The van der Waals surface area contributed by atoms with Crippen molar-refractivity contribution in [1.82, 2.24) is 10.2 Å². The Bertz CT molecular complexity index is 211. The lowest BCUT2D eigenvalue weighted by Crippen LogP contribution is -2.33. The van der Waals surface area contributed by atoms with Crippen LogP contribution in [0.25, 0.3) is 0 Å². The van der Waals surface area contributed by atoms with E-state index in [1.807, 2.05) is 14.1 Å². The molecule has 3 nitrogen and oxygen atoms in total. The van der Waals surface area contributed by atoms with E-state index in [2.05, 4.69) is 42.4 Å². The lowest BCUT2D eigenvalue weighted by atomic mass is 10.1. The van der Waals surface area contributed by atoms with Crippen LogP contribution in [-0.4, -0.2) is 48.5 Å². The van der Waals surface area contributed by atoms with Crippen molar-refractivity contribution in [3.8, 4) is 0 Å². The molecule has 1 N–H and O–H groups in total. The molecule has 0 heterocycles. The van der Waals surface area contributed by atoms with Crippen LogP contribution in [0.15, 0.2) is 0 Å². The summed E-state index contributed by atoms with van der Waals surface area (Å²) < 4.78 is 0. The van der Waals surface area contributed by atoms with E-state index in [-0.39, 0.29) is 11.2 Å². The topological polar surface area (TPSA) is 32.3 Å². The van der Waals surface area contributed by atoms with Gasteiger partial charge in [-0.2, -0.15) is 25.3 Å².